The summed E-state index contributed by atoms with van der Waals surface area (Å²) in [4.78, 5) is 18.9. The van der Waals surface area contributed by atoms with E-state index >= 15 is 0 Å². The largest absolute Gasteiger partial charge is 0.465 e. The highest BCUT2D eigenvalue weighted by atomic mass is 16.6. The minimum Gasteiger partial charge on any atom is -0.465 e. The molecule has 0 spiro atoms. The van der Waals surface area contributed by atoms with Crippen LogP contribution in [0.2, 0.25) is 0 Å². The highest BCUT2D eigenvalue weighted by Crippen LogP contribution is 2.34. The van der Waals surface area contributed by atoms with Crippen LogP contribution in [0.4, 0.5) is 11.6 Å². The number of esters is 1. The van der Waals surface area contributed by atoms with Gasteiger partial charge in [0.25, 0.3) is 0 Å². The minimum absolute atomic E-state index is 0.00585. The Morgan fingerprint density at radius 1 is 1.06 bits per heavy atom. The SMILES string of the molecule is COC(=O)c1c(N2C[C@@H]3OCC(Nc4ccccn4)CO[C@H]3C2)noc1-c1ccccc1. The molecule has 2 saturated heterocycles. The fourth-order valence-electron chi connectivity index (χ4n) is 4.08. The van der Waals surface area contributed by atoms with E-state index in [1.807, 2.05) is 53.4 Å². The molecule has 0 aliphatic carbocycles. The quantitative estimate of drug-likeness (QED) is 0.605. The average Bonchev–Trinajstić information content (AvgIpc) is 3.41. The summed E-state index contributed by atoms with van der Waals surface area (Å²) in [6, 6.07) is 15.1. The number of carbonyl (C=O) groups excluding carboxylic acids is 1. The second-order valence-electron chi connectivity index (χ2n) is 7.77. The molecule has 0 bridgehead atoms. The molecule has 0 radical (unpaired) electrons. The van der Waals surface area contributed by atoms with Crippen molar-refractivity contribution in [1.29, 1.82) is 0 Å². The van der Waals surface area contributed by atoms with Gasteiger partial charge in [0, 0.05) is 24.8 Å². The Kier molecular flexibility index (Phi) is 5.74. The smallest absolute Gasteiger partial charge is 0.345 e. The van der Waals surface area contributed by atoms with E-state index in [4.69, 9.17) is 18.7 Å². The molecule has 2 atom stereocenters. The Morgan fingerprint density at radius 2 is 1.78 bits per heavy atom. The van der Waals surface area contributed by atoms with Gasteiger partial charge in [-0.05, 0) is 12.1 Å². The maximum absolute atomic E-state index is 12.6. The third-order valence-electron chi connectivity index (χ3n) is 5.65. The van der Waals surface area contributed by atoms with E-state index in [1.165, 1.54) is 7.11 Å². The van der Waals surface area contributed by atoms with Crippen LogP contribution in [0.3, 0.4) is 0 Å². The van der Waals surface area contributed by atoms with Gasteiger partial charge in [-0.1, -0.05) is 41.6 Å². The summed E-state index contributed by atoms with van der Waals surface area (Å²) < 4.78 is 22.9. The van der Waals surface area contributed by atoms with E-state index in [2.05, 4.69) is 15.5 Å². The van der Waals surface area contributed by atoms with Gasteiger partial charge >= 0.3 is 5.97 Å². The Hall–Kier alpha value is -3.43. The summed E-state index contributed by atoms with van der Waals surface area (Å²) in [6.45, 7) is 2.05. The van der Waals surface area contributed by atoms with Gasteiger partial charge in [0.2, 0.25) is 0 Å². The van der Waals surface area contributed by atoms with Crippen LogP contribution in [0, 0.1) is 0 Å². The zero-order valence-electron chi connectivity index (χ0n) is 17.6. The Bertz CT molecular complexity index is 1040. The van der Waals surface area contributed by atoms with Gasteiger partial charge in [-0.25, -0.2) is 9.78 Å². The number of fused-ring (bicyclic) bond motifs is 1. The summed E-state index contributed by atoms with van der Waals surface area (Å²) in [5.74, 6) is 1.13. The topological polar surface area (TPSA) is 99.0 Å². The molecule has 3 aromatic rings. The number of hydrogen-bond donors (Lipinski definition) is 1. The molecule has 166 valence electrons. The van der Waals surface area contributed by atoms with Gasteiger partial charge in [0.1, 0.15) is 18.0 Å². The van der Waals surface area contributed by atoms with Crippen molar-refractivity contribution in [2.75, 3.05) is 43.6 Å². The van der Waals surface area contributed by atoms with Crippen LogP contribution in [0.1, 0.15) is 10.4 Å². The van der Waals surface area contributed by atoms with Gasteiger partial charge in [0.05, 0.1) is 26.4 Å². The van der Waals surface area contributed by atoms with E-state index < -0.39 is 5.97 Å². The van der Waals surface area contributed by atoms with Gasteiger partial charge < -0.3 is 29.0 Å². The van der Waals surface area contributed by atoms with E-state index in [1.54, 1.807) is 6.20 Å². The molecular formula is C23H24N4O5. The summed E-state index contributed by atoms with van der Waals surface area (Å²) in [5.41, 5.74) is 1.07. The Morgan fingerprint density at radius 3 is 2.44 bits per heavy atom. The predicted octanol–water partition coefficient (Wildman–Crippen LogP) is 2.61. The zero-order valence-corrected chi connectivity index (χ0v) is 17.6. The van der Waals surface area contributed by atoms with Crippen LogP contribution < -0.4 is 10.2 Å². The molecular weight excluding hydrogens is 412 g/mol. The molecule has 4 heterocycles. The monoisotopic (exact) mass is 436 g/mol. The molecule has 0 amide bonds. The summed E-state index contributed by atoms with van der Waals surface area (Å²) in [6.07, 6.45) is 1.45. The number of methoxy groups -OCH3 is 1. The van der Waals surface area contributed by atoms with Crippen LogP contribution >= 0.6 is 0 Å². The summed E-state index contributed by atoms with van der Waals surface area (Å²) >= 11 is 0. The van der Waals surface area contributed by atoms with Crippen LogP contribution in [-0.4, -0.2) is 67.8 Å². The minimum atomic E-state index is -0.492. The maximum atomic E-state index is 12.6. The number of aromatic nitrogens is 2. The van der Waals surface area contributed by atoms with Crippen molar-refractivity contribution in [3.05, 3.63) is 60.3 Å². The van der Waals surface area contributed by atoms with Crippen LogP contribution in [0.5, 0.6) is 0 Å². The van der Waals surface area contributed by atoms with Crippen molar-refractivity contribution < 1.29 is 23.5 Å². The highest BCUT2D eigenvalue weighted by Gasteiger charge is 2.41. The van der Waals surface area contributed by atoms with Crippen LogP contribution in [0.15, 0.2) is 59.3 Å². The number of pyridine rings is 1. The lowest BCUT2D eigenvalue weighted by Gasteiger charge is -2.19. The van der Waals surface area contributed by atoms with Gasteiger partial charge in [-0.2, -0.15) is 0 Å². The molecule has 2 fully saturated rings. The van der Waals surface area contributed by atoms with E-state index in [0.29, 0.717) is 43.4 Å². The summed E-state index contributed by atoms with van der Waals surface area (Å²) in [5, 5.41) is 7.56. The van der Waals surface area contributed by atoms with Crippen molar-refractivity contribution >= 4 is 17.6 Å². The third kappa shape index (κ3) is 4.04. The second-order valence-corrected chi connectivity index (χ2v) is 7.77. The lowest BCUT2D eigenvalue weighted by atomic mass is 10.1. The van der Waals surface area contributed by atoms with Gasteiger partial charge in [-0.15, -0.1) is 0 Å². The highest BCUT2D eigenvalue weighted by molar-refractivity contribution is 6.00. The number of nitrogens with zero attached hydrogens (tertiary/aromatic N) is 3. The van der Waals surface area contributed by atoms with Crippen molar-refractivity contribution in [2.24, 2.45) is 0 Å². The molecule has 1 N–H and O–H groups in total. The average molecular weight is 436 g/mol. The fraction of sp³-hybridized carbons (Fsp3) is 0.348. The first-order chi connectivity index (χ1) is 15.7. The van der Waals surface area contributed by atoms with Gasteiger partial charge in [-0.3, -0.25) is 0 Å². The molecule has 9 heteroatoms. The number of rotatable bonds is 5. The molecule has 1 aromatic carbocycles. The Labute approximate surface area is 185 Å². The van der Waals surface area contributed by atoms with E-state index in [-0.39, 0.29) is 18.2 Å². The van der Waals surface area contributed by atoms with Gasteiger partial charge in [0.15, 0.2) is 17.1 Å². The molecule has 2 aliphatic heterocycles. The molecule has 2 aliphatic rings. The van der Waals surface area contributed by atoms with Crippen molar-refractivity contribution in [3.63, 3.8) is 0 Å². The third-order valence-corrected chi connectivity index (χ3v) is 5.65. The van der Waals surface area contributed by atoms with Crippen molar-refractivity contribution in [1.82, 2.24) is 10.1 Å². The number of hydrogen-bond acceptors (Lipinski definition) is 9. The lowest BCUT2D eigenvalue weighted by Crippen LogP contribution is -2.31. The fourth-order valence-corrected chi connectivity index (χ4v) is 4.08. The normalized spacial score (nSPS) is 21.1. The first kappa shape index (κ1) is 20.5. The first-order valence-corrected chi connectivity index (χ1v) is 10.5. The molecule has 0 unspecified atom stereocenters. The molecule has 5 rings (SSSR count). The molecule has 32 heavy (non-hydrogen) atoms. The number of ether oxygens (including phenoxy) is 3. The molecule has 0 saturated carbocycles. The lowest BCUT2D eigenvalue weighted by molar-refractivity contribution is -0.00461. The number of anilines is 2. The molecule has 9 nitrogen and oxygen atoms in total. The number of nitrogens with one attached hydrogen (secondary N) is 1. The standard InChI is InChI=1S/C23H24N4O5/c1-29-23(28)20-21(15-7-3-2-4-8-15)32-26-22(20)27-11-17-18(12-27)31-14-16(13-30-17)25-19-9-5-6-10-24-19/h2-10,16-18H,11-14H2,1H3,(H,24,25)/t17-,18-/m0/s1. The van der Waals surface area contributed by atoms with E-state index in [0.717, 1.165) is 11.4 Å². The first-order valence-electron chi connectivity index (χ1n) is 10.5. The van der Waals surface area contributed by atoms with Crippen LogP contribution in [0.25, 0.3) is 11.3 Å². The van der Waals surface area contributed by atoms with Crippen molar-refractivity contribution in [2.45, 2.75) is 18.2 Å². The molecule has 2 aromatic heterocycles. The predicted molar refractivity (Wildman–Crippen MR) is 117 cm³/mol. The van der Waals surface area contributed by atoms with Crippen molar-refractivity contribution in [3.8, 4) is 11.3 Å². The number of carbonyl (C=O) groups is 1. The maximum Gasteiger partial charge on any atom is 0.345 e. The van der Waals surface area contributed by atoms with Crippen LogP contribution in [-0.2, 0) is 14.2 Å². The Balaban J connectivity index is 1.31. The summed E-state index contributed by atoms with van der Waals surface area (Å²) in [7, 11) is 1.35. The van der Waals surface area contributed by atoms with E-state index in [9.17, 15) is 4.79 Å². The number of benzene rings is 1. The zero-order chi connectivity index (χ0) is 21.9. The second kappa shape index (κ2) is 8.97.